The molecule has 0 aliphatic rings. The van der Waals surface area contributed by atoms with Crippen molar-refractivity contribution in [3.05, 3.63) is 69.0 Å². The topological polar surface area (TPSA) is 12.0 Å². The lowest BCUT2D eigenvalue weighted by molar-refractivity contribution is 0.624. The highest BCUT2D eigenvalue weighted by molar-refractivity contribution is 6.42. The van der Waals surface area contributed by atoms with E-state index in [1.165, 1.54) is 6.07 Å². The number of hydrogen-bond acceptors (Lipinski definition) is 1. The molecule has 0 bridgehead atoms. The van der Waals surface area contributed by atoms with Crippen LogP contribution in [0, 0.1) is 12.7 Å². The Labute approximate surface area is 128 Å². The summed E-state index contributed by atoms with van der Waals surface area (Å²) in [5, 5.41) is 4.48. The molecule has 0 aliphatic carbocycles. The minimum Gasteiger partial charge on any atom is -0.312 e. The molecule has 0 unspecified atom stereocenters. The van der Waals surface area contributed by atoms with Crippen LogP contribution in [0.3, 0.4) is 0 Å². The second kappa shape index (κ2) is 7.07. The summed E-state index contributed by atoms with van der Waals surface area (Å²) in [4.78, 5) is 0. The van der Waals surface area contributed by atoms with Crippen LogP contribution >= 0.6 is 23.2 Å². The lowest BCUT2D eigenvalue weighted by Crippen LogP contribution is -2.17. The van der Waals surface area contributed by atoms with E-state index in [-0.39, 0.29) is 5.82 Å². The van der Waals surface area contributed by atoms with Gasteiger partial charge in [-0.2, -0.15) is 0 Å². The largest absolute Gasteiger partial charge is 0.312 e. The third kappa shape index (κ3) is 4.20. The molecule has 2 rings (SSSR count). The zero-order chi connectivity index (χ0) is 14.5. The van der Waals surface area contributed by atoms with Crippen molar-refractivity contribution in [3.63, 3.8) is 0 Å². The zero-order valence-corrected chi connectivity index (χ0v) is 12.7. The maximum absolute atomic E-state index is 13.0. The molecule has 0 radical (unpaired) electrons. The average molecular weight is 312 g/mol. The van der Waals surface area contributed by atoms with Crippen LogP contribution in [-0.4, -0.2) is 6.54 Å². The molecule has 0 atom stereocenters. The van der Waals surface area contributed by atoms with Gasteiger partial charge in [0.1, 0.15) is 5.82 Å². The number of halogens is 3. The molecule has 2 aromatic carbocycles. The summed E-state index contributed by atoms with van der Waals surface area (Å²) in [5.74, 6) is -0.185. The summed E-state index contributed by atoms with van der Waals surface area (Å²) in [6, 6.07) is 10.5. The maximum atomic E-state index is 13.0. The number of rotatable bonds is 5. The molecule has 0 aromatic heterocycles. The van der Waals surface area contributed by atoms with Gasteiger partial charge in [0, 0.05) is 6.54 Å². The van der Waals surface area contributed by atoms with Gasteiger partial charge in [0.25, 0.3) is 0 Å². The van der Waals surface area contributed by atoms with Crippen LogP contribution in [0.15, 0.2) is 36.4 Å². The van der Waals surface area contributed by atoms with Gasteiger partial charge in [-0.15, -0.1) is 0 Å². The summed E-state index contributed by atoms with van der Waals surface area (Å²) >= 11 is 11.8. The van der Waals surface area contributed by atoms with E-state index in [4.69, 9.17) is 23.2 Å². The predicted molar refractivity (Wildman–Crippen MR) is 83.0 cm³/mol. The van der Waals surface area contributed by atoms with E-state index < -0.39 is 0 Å². The van der Waals surface area contributed by atoms with Crippen LogP contribution < -0.4 is 5.32 Å². The highest BCUT2D eigenvalue weighted by Gasteiger charge is 2.01. The summed E-state index contributed by atoms with van der Waals surface area (Å²) in [7, 11) is 0. The quantitative estimate of drug-likeness (QED) is 0.784. The molecule has 0 saturated carbocycles. The SMILES string of the molecule is Cc1cc(F)ccc1CCNCc1ccc(Cl)c(Cl)c1. The van der Waals surface area contributed by atoms with E-state index in [1.54, 1.807) is 12.1 Å². The maximum Gasteiger partial charge on any atom is 0.123 e. The number of hydrogen-bond donors (Lipinski definition) is 1. The predicted octanol–water partition coefficient (Wildman–Crippen LogP) is 4.77. The molecule has 0 fully saturated rings. The Morgan fingerprint density at radius 1 is 1.05 bits per heavy atom. The summed E-state index contributed by atoms with van der Waals surface area (Å²) in [6.45, 7) is 3.49. The third-order valence-electron chi connectivity index (χ3n) is 3.19. The number of benzene rings is 2. The van der Waals surface area contributed by atoms with Crippen molar-refractivity contribution in [1.29, 1.82) is 0 Å². The highest BCUT2D eigenvalue weighted by atomic mass is 35.5. The van der Waals surface area contributed by atoms with E-state index in [1.807, 2.05) is 25.1 Å². The normalized spacial score (nSPS) is 10.8. The molecule has 106 valence electrons. The van der Waals surface area contributed by atoms with Crippen molar-refractivity contribution < 1.29 is 4.39 Å². The first kappa shape index (κ1) is 15.3. The van der Waals surface area contributed by atoms with E-state index in [2.05, 4.69) is 5.32 Å². The van der Waals surface area contributed by atoms with Gasteiger partial charge in [-0.1, -0.05) is 35.3 Å². The molecule has 20 heavy (non-hydrogen) atoms. The van der Waals surface area contributed by atoms with Crippen LogP contribution in [0.2, 0.25) is 10.0 Å². The van der Waals surface area contributed by atoms with Gasteiger partial charge in [-0.05, 0) is 60.8 Å². The lowest BCUT2D eigenvalue weighted by atomic mass is 10.1. The van der Waals surface area contributed by atoms with Crippen LogP contribution in [0.25, 0.3) is 0 Å². The Bertz CT molecular complexity index is 599. The smallest absolute Gasteiger partial charge is 0.123 e. The minimum atomic E-state index is -0.185. The molecular formula is C16H16Cl2FN. The van der Waals surface area contributed by atoms with Gasteiger partial charge in [-0.25, -0.2) is 4.39 Å². The van der Waals surface area contributed by atoms with Gasteiger partial charge in [0.2, 0.25) is 0 Å². The monoisotopic (exact) mass is 311 g/mol. The Morgan fingerprint density at radius 3 is 2.55 bits per heavy atom. The van der Waals surface area contributed by atoms with Crippen LogP contribution in [0.1, 0.15) is 16.7 Å². The van der Waals surface area contributed by atoms with Gasteiger partial charge in [-0.3, -0.25) is 0 Å². The molecule has 0 spiro atoms. The molecule has 1 N–H and O–H groups in total. The molecule has 1 nitrogen and oxygen atoms in total. The van der Waals surface area contributed by atoms with E-state index in [0.29, 0.717) is 10.0 Å². The molecule has 4 heteroatoms. The molecule has 0 saturated heterocycles. The van der Waals surface area contributed by atoms with Crippen LogP contribution in [0.5, 0.6) is 0 Å². The fraction of sp³-hybridized carbons (Fsp3) is 0.250. The Kier molecular flexibility index (Phi) is 5.41. The third-order valence-corrected chi connectivity index (χ3v) is 3.93. The van der Waals surface area contributed by atoms with Crippen molar-refractivity contribution in [1.82, 2.24) is 5.32 Å². The summed E-state index contributed by atoms with van der Waals surface area (Å²) in [5.41, 5.74) is 3.24. The van der Waals surface area contributed by atoms with Gasteiger partial charge < -0.3 is 5.32 Å². The molecular weight excluding hydrogens is 296 g/mol. The fourth-order valence-electron chi connectivity index (χ4n) is 2.05. The van der Waals surface area contributed by atoms with Crippen molar-refractivity contribution in [2.45, 2.75) is 19.9 Å². The van der Waals surface area contributed by atoms with Crippen molar-refractivity contribution in [2.24, 2.45) is 0 Å². The fourth-order valence-corrected chi connectivity index (χ4v) is 2.37. The Balaban J connectivity index is 1.82. The van der Waals surface area contributed by atoms with E-state index in [0.717, 1.165) is 36.2 Å². The molecule has 0 amide bonds. The van der Waals surface area contributed by atoms with Gasteiger partial charge in [0.05, 0.1) is 10.0 Å². The van der Waals surface area contributed by atoms with E-state index >= 15 is 0 Å². The summed E-state index contributed by atoms with van der Waals surface area (Å²) < 4.78 is 13.0. The molecule has 2 aromatic rings. The first-order valence-corrected chi connectivity index (χ1v) is 7.21. The van der Waals surface area contributed by atoms with Crippen molar-refractivity contribution >= 4 is 23.2 Å². The van der Waals surface area contributed by atoms with Crippen LogP contribution in [-0.2, 0) is 13.0 Å². The number of aryl methyl sites for hydroxylation is 1. The summed E-state index contributed by atoms with van der Waals surface area (Å²) in [6.07, 6.45) is 0.868. The minimum absolute atomic E-state index is 0.185. The second-order valence-corrected chi connectivity index (χ2v) is 5.56. The van der Waals surface area contributed by atoms with Crippen molar-refractivity contribution in [3.8, 4) is 0 Å². The number of nitrogens with one attached hydrogen (secondary N) is 1. The Hall–Kier alpha value is -1.09. The zero-order valence-electron chi connectivity index (χ0n) is 11.2. The Morgan fingerprint density at radius 2 is 1.85 bits per heavy atom. The molecule has 0 heterocycles. The standard InChI is InChI=1S/C16H16Cl2FN/c1-11-8-14(19)4-3-13(11)6-7-20-10-12-2-5-15(17)16(18)9-12/h2-5,8-9,20H,6-7,10H2,1H3. The lowest BCUT2D eigenvalue weighted by Gasteiger charge is -2.08. The van der Waals surface area contributed by atoms with Crippen LogP contribution in [0.4, 0.5) is 4.39 Å². The first-order valence-electron chi connectivity index (χ1n) is 6.46. The second-order valence-electron chi connectivity index (χ2n) is 4.75. The molecule has 0 aliphatic heterocycles. The average Bonchev–Trinajstić information content (AvgIpc) is 2.40. The highest BCUT2D eigenvalue weighted by Crippen LogP contribution is 2.22. The van der Waals surface area contributed by atoms with E-state index in [9.17, 15) is 4.39 Å². The van der Waals surface area contributed by atoms with Crippen molar-refractivity contribution in [2.75, 3.05) is 6.54 Å². The van der Waals surface area contributed by atoms with Gasteiger partial charge >= 0.3 is 0 Å². The van der Waals surface area contributed by atoms with Gasteiger partial charge in [0.15, 0.2) is 0 Å². The first-order chi connectivity index (χ1) is 9.56.